The van der Waals surface area contributed by atoms with Crippen LogP contribution in [0.1, 0.15) is 61.1 Å². The molecule has 0 bridgehead atoms. The number of aromatic nitrogens is 2. The molecule has 4 rings (SSSR count). The molecule has 0 N–H and O–H groups in total. The molecular weight excluding hydrogens is 328 g/mol. The van der Waals surface area contributed by atoms with Crippen molar-refractivity contribution in [3.63, 3.8) is 0 Å². The van der Waals surface area contributed by atoms with Crippen LogP contribution in [0.3, 0.4) is 0 Å². The Morgan fingerprint density at radius 2 is 1.88 bits per heavy atom. The minimum absolute atomic E-state index is 0.00394. The van der Waals surface area contributed by atoms with Crippen LogP contribution in [-0.4, -0.2) is 70.1 Å². The number of likely N-dealkylation sites (tertiary alicyclic amines) is 2. The van der Waals surface area contributed by atoms with Gasteiger partial charge in [-0.25, -0.2) is 4.98 Å². The first-order valence-corrected chi connectivity index (χ1v) is 10.1. The molecule has 3 aliphatic heterocycles. The highest BCUT2D eigenvalue weighted by Gasteiger charge is 2.42. The van der Waals surface area contributed by atoms with Gasteiger partial charge in [0.2, 0.25) is 0 Å². The number of nitrogens with zero attached hydrogens (tertiary/aromatic N) is 4. The first-order chi connectivity index (χ1) is 12.7. The molecule has 6 heteroatoms. The Morgan fingerprint density at radius 1 is 1.12 bits per heavy atom. The minimum Gasteiger partial charge on any atom is -0.375 e. The van der Waals surface area contributed by atoms with Gasteiger partial charge in [0, 0.05) is 31.9 Å². The molecule has 26 heavy (non-hydrogen) atoms. The van der Waals surface area contributed by atoms with Gasteiger partial charge in [-0.05, 0) is 58.5 Å². The highest BCUT2D eigenvalue weighted by atomic mass is 16.5. The molecule has 142 valence electrons. The lowest BCUT2D eigenvalue weighted by molar-refractivity contribution is -0.131. The zero-order valence-corrected chi connectivity index (χ0v) is 15.8. The fourth-order valence-corrected chi connectivity index (χ4v) is 4.73. The molecule has 0 radical (unpaired) electrons. The predicted octanol–water partition coefficient (Wildman–Crippen LogP) is 2.42. The SMILES string of the molecule is Cc1cnc(C(=O)N2CCC3(CC2)CC(N2CCCCC2)CCO3)cn1. The number of hydrogen-bond donors (Lipinski definition) is 0. The molecule has 1 spiro atoms. The van der Waals surface area contributed by atoms with E-state index in [1.165, 1.54) is 32.4 Å². The topological polar surface area (TPSA) is 58.6 Å². The summed E-state index contributed by atoms with van der Waals surface area (Å²) >= 11 is 0. The van der Waals surface area contributed by atoms with Gasteiger partial charge in [-0.2, -0.15) is 0 Å². The van der Waals surface area contributed by atoms with Crippen molar-refractivity contribution in [2.45, 2.75) is 63.5 Å². The van der Waals surface area contributed by atoms with E-state index in [1.54, 1.807) is 12.4 Å². The van der Waals surface area contributed by atoms with Gasteiger partial charge in [-0.3, -0.25) is 9.78 Å². The van der Waals surface area contributed by atoms with E-state index in [0.29, 0.717) is 11.7 Å². The molecular formula is C20H30N4O2. The van der Waals surface area contributed by atoms with Crippen LogP contribution < -0.4 is 0 Å². The number of hydrogen-bond acceptors (Lipinski definition) is 5. The second-order valence-electron chi connectivity index (χ2n) is 8.11. The van der Waals surface area contributed by atoms with Gasteiger partial charge in [0.1, 0.15) is 5.69 Å². The van der Waals surface area contributed by atoms with Crippen molar-refractivity contribution in [1.29, 1.82) is 0 Å². The zero-order valence-electron chi connectivity index (χ0n) is 15.8. The van der Waals surface area contributed by atoms with Gasteiger partial charge in [-0.1, -0.05) is 6.42 Å². The van der Waals surface area contributed by atoms with Crippen LogP contribution in [0.25, 0.3) is 0 Å². The summed E-state index contributed by atoms with van der Waals surface area (Å²) < 4.78 is 6.28. The van der Waals surface area contributed by atoms with Gasteiger partial charge < -0.3 is 14.5 Å². The van der Waals surface area contributed by atoms with E-state index in [-0.39, 0.29) is 11.5 Å². The number of rotatable bonds is 2. The maximum Gasteiger partial charge on any atom is 0.274 e. The van der Waals surface area contributed by atoms with Gasteiger partial charge in [-0.15, -0.1) is 0 Å². The first-order valence-electron chi connectivity index (χ1n) is 10.1. The van der Waals surface area contributed by atoms with Crippen molar-refractivity contribution in [2.75, 3.05) is 32.8 Å². The normalized spacial score (nSPS) is 26.8. The molecule has 0 aromatic carbocycles. The van der Waals surface area contributed by atoms with Crippen LogP contribution >= 0.6 is 0 Å². The van der Waals surface area contributed by atoms with Crippen molar-refractivity contribution in [1.82, 2.24) is 19.8 Å². The third-order valence-electron chi connectivity index (χ3n) is 6.34. The Balaban J connectivity index is 1.36. The van der Waals surface area contributed by atoms with Crippen LogP contribution in [0.4, 0.5) is 0 Å². The Bertz CT molecular complexity index is 619. The molecule has 4 heterocycles. The fraction of sp³-hybridized carbons (Fsp3) is 0.750. The molecule has 3 aliphatic rings. The van der Waals surface area contributed by atoms with Crippen LogP contribution in [-0.2, 0) is 4.74 Å². The summed E-state index contributed by atoms with van der Waals surface area (Å²) in [6.07, 6.45) is 11.4. The van der Waals surface area contributed by atoms with Gasteiger partial charge in [0.25, 0.3) is 5.91 Å². The maximum atomic E-state index is 12.7. The molecule has 0 saturated carbocycles. The number of carbonyl (C=O) groups is 1. The molecule has 0 aliphatic carbocycles. The van der Waals surface area contributed by atoms with Gasteiger partial charge in [0.15, 0.2) is 0 Å². The van der Waals surface area contributed by atoms with Crippen molar-refractivity contribution < 1.29 is 9.53 Å². The quantitative estimate of drug-likeness (QED) is 0.813. The van der Waals surface area contributed by atoms with Crippen LogP contribution in [0.5, 0.6) is 0 Å². The van der Waals surface area contributed by atoms with Crippen molar-refractivity contribution >= 4 is 5.91 Å². The molecule has 1 amide bonds. The largest absolute Gasteiger partial charge is 0.375 e. The Hall–Kier alpha value is -1.53. The van der Waals surface area contributed by atoms with E-state index < -0.39 is 0 Å². The maximum absolute atomic E-state index is 12.7. The lowest BCUT2D eigenvalue weighted by Crippen LogP contribution is -2.55. The number of piperidine rings is 2. The number of carbonyl (C=O) groups excluding carboxylic acids is 1. The average Bonchev–Trinajstić information content (AvgIpc) is 2.69. The number of amides is 1. The third-order valence-corrected chi connectivity index (χ3v) is 6.34. The second kappa shape index (κ2) is 7.61. The van der Waals surface area contributed by atoms with Crippen molar-refractivity contribution in [3.05, 3.63) is 23.8 Å². The van der Waals surface area contributed by atoms with E-state index >= 15 is 0 Å². The molecule has 3 saturated heterocycles. The Labute approximate surface area is 155 Å². The van der Waals surface area contributed by atoms with Crippen LogP contribution in [0.15, 0.2) is 12.4 Å². The van der Waals surface area contributed by atoms with E-state index in [2.05, 4.69) is 14.9 Å². The molecule has 3 fully saturated rings. The van der Waals surface area contributed by atoms with Crippen LogP contribution in [0, 0.1) is 6.92 Å². The standard InChI is InChI=1S/C20H30N4O2/c1-16-14-22-18(15-21-16)19(25)24-10-6-20(7-11-24)13-17(5-12-26-20)23-8-3-2-4-9-23/h14-15,17H,2-13H2,1H3. The molecule has 1 aromatic rings. The summed E-state index contributed by atoms with van der Waals surface area (Å²) in [6, 6.07) is 0.661. The highest BCUT2D eigenvalue weighted by molar-refractivity contribution is 5.92. The summed E-state index contributed by atoms with van der Waals surface area (Å²) in [7, 11) is 0. The van der Waals surface area contributed by atoms with Gasteiger partial charge in [0.05, 0.1) is 17.5 Å². The Kier molecular flexibility index (Phi) is 5.23. The number of ether oxygens (including phenoxy) is 1. The monoisotopic (exact) mass is 358 g/mol. The highest BCUT2D eigenvalue weighted by Crippen LogP contribution is 2.37. The average molecular weight is 358 g/mol. The zero-order chi connectivity index (χ0) is 18.0. The lowest BCUT2D eigenvalue weighted by atomic mass is 9.81. The smallest absolute Gasteiger partial charge is 0.274 e. The molecule has 1 atom stereocenters. The first kappa shape index (κ1) is 17.9. The fourth-order valence-electron chi connectivity index (χ4n) is 4.73. The van der Waals surface area contributed by atoms with Gasteiger partial charge >= 0.3 is 0 Å². The molecule has 1 aromatic heterocycles. The summed E-state index contributed by atoms with van der Waals surface area (Å²) in [4.78, 5) is 25.7. The van der Waals surface area contributed by atoms with E-state index in [1.807, 2.05) is 11.8 Å². The summed E-state index contributed by atoms with van der Waals surface area (Å²) in [5.74, 6) is -0.00394. The lowest BCUT2D eigenvalue weighted by Gasteiger charge is -2.49. The minimum atomic E-state index is -0.0316. The summed E-state index contributed by atoms with van der Waals surface area (Å²) in [6.45, 7) is 6.74. The predicted molar refractivity (Wildman–Crippen MR) is 99.0 cm³/mol. The summed E-state index contributed by atoms with van der Waals surface area (Å²) in [5.41, 5.74) is 1.25. The van der Waals surface area contributed by atoms with Crippen LogP contribution in [0.2, 0.25) is 0 Å². The number of aryl methyl sites for hydroxylation is 1. The Morgan fingerprint density at radius 3 is 2.58 bits per heavy atom. The van der Waals surface area contributed by atoms with E-state index in [4.69, 9.17) is 4.74 Å². The van der Waals surface area contributed by atoms with E-state index in [9.17, 15) is 4.79 Å². The van der Waals surface area contributed by atoms with E-state index in [0.717, 1.165) is 51.1 Å². The van der Waals surface area contributed by atoms with Crippen molar-refractivity contribution in [3.8, 4) is 0 Å². The molecule has 1 unspecified atom stereocenters. The summed E-state index contributed by atoms with van der Waals surface area (Å²) in [5, 5.41) is 0. The molecule has 6 nitrogen and oxygen atoms in total. The van der Waals surface area contributed by atoms with Crippen molar-refractivity contribution in [2.24, 2.45) is 0 Å². The third kappa shape index (κ3) is 3.76. The second-order valence-corrected chi connectivity index (χ2v) is 8.11.